The molecule has 0 saturated carbocycles. The first-order valence-electron chi connectivity index (χ1n) is 6.38. The van der Waals surface area contributed by atoms with Crippen LogP contribution in [0, 0.1) is 5.92 Å². The number of imide groups is 1. The molecule has 2 rings (SSSR count). The number of carbonyl (C=O) groups is 2. The minimum atomic E-state index is -0.294. The summed E-state index contributed by atoms with van der Waals surface area (Å²) in [6.07, 6.45) is 2.24. The van der Waals surface area contributed by atoms with Crippen molar-refractivity contribution < 1.29 is 9.59 Å². The van der Waals surface area contributed by atoms with Crippen LogP contribution in [0.5, 0.6) is 0 Å². The first-order chi connectivity index (χ1) is 8.56. The predicted molar refractivity (Wildman–Crippen MR) is 68.2 cm³/mol. The third-order valence-electron chi connectivity index (χ3n) is 3.56. The van der Waals surface area contributed by atoms with Gasteiger partial charge in [0.25, 0.3) is 0 Å². The lowest BCUT2D eigenvalue weighted by molar-refractivity contribution is -0.131. The molecule has 2 aliphatic rings. The lowest BCUT2D eigenvalue weighted by Crippen LogP contribution is -2.61. The fourth-order valence-corrected chi connectivity index (χ4v) is 2.40. The third-order valence-corrected chi connectivity index (χ3v) is 3.56. The van der Waals surface area contributed by atoms with E-state index in [1.165, 1.54) is 16.8 Å². The smallest absolute Gasteiger partial charge is 0.284 e. The van der Waals surface area contributed by atoms with Gasteiger partial charge in [0.05, 0.1) is 6.67 Å². The maximum Gasteiger partial charge on any atom is 0.331 e. The van der Waals surface area contributed by atoms with Crippen LogP contribution in [0.1, 0.15) is 19.8 Å². The van der Waals surface area contributed by atoms with E-state index in [2.05, 4.69) is 16.8 Å². The van der Waals surface area contributed by atoms with Gasteiger partial charge >= 0.3 is 6.03 Å². The van der Waals surface area contributed by atoms with Crippen LogP contribution in [0.2, 0.25) is 0 Å². The number of aliphatic imine (C=N–C) groups is 1. The van der Waals surface area contributed by atoms with Crippen molar-refractivity contribution >= 4 is 17.8 Å². The first kappa shape index (κ1) is 13.0. The number of carbonyl (C=O) groups excluding carboxylic acids is 2. The molecule has 0 aromatic heterocycles. The molecule has 3 amide bonds. The molecule has 1 saturated heterocycles. The molecule has 6 heteroatoms. The van der Waals surface area contributed by atoms with Gasteiger partial charge in [-0.15, -0.1) is 0 Å². The van der Waals surface area contributed by atoms with E-state index in [-0.39, 0.29) is 17.9 Å². The molecule has 2 aliphatic heterocycles. The van der Waals surface area contributed by atoms with Crippen molar-refractivity contribution in [2.45, 2.75) is 19.8 Å². The monoisotopic (exact) mass is 252 g/mol. The van der Waals surface area contributed by atoms with Crippen LogP contribution < -0.4 is 0 Å². The Bertz CT molecular complexity index is 394. The minimum absolute atomic E-state index is 0.141. The van der Waals surface area contributed by atoms with E-state index in [1.54, 1.807) is 7.05 Å². The molecule has 1 unspecified atom stereocenters. The fraction of sp³-hybridized carbons (Fsp3) is 0.750. The van der Waals surface area contributed by atoms with Crippen molar-refractivity contribution in [3.63, 3.8) is 0 Å². The lowest BCUT2D eigenvalue weighted by atomic mass is 10.0. The molecule has 18 heavy (non-hydrogen) atoms. The predicted octanol–water partition coefficient (Wildman–Crippen LogP) is 0.598. The number of amides is 3. The quantitative estimate of drug-likeness (QED) is 0.739. The van der Waals surface area contributed by atoms with Crippen molar-refractivity contribution in [2.75, 3.05) is 33.9 Å². The largest absolute Gasteiger partial charge is 0.331 e. The van der Waals surface area contributed by atoms with Gasteiger partial charge in [-0.3, -0.25) is 24.5 Å². The maximum atomic E-state index is 12.1. The van der Waals surface area contributed by atoms with Gasteiger partial charge in [0, 0.05) is 20.6 Å². The van der Waals surface area contributed by atoms with Crippen molar-refractivity contribution in [1.82, 2.24) is 14.7 Å². The average Bonchev–Trinajstić information content (AvgIpc) is 2.40. The van der Waals surface area contributed by atoms with Gasteiger partial charge in [0.1, 0.15) is 11.8 Å². The Morgan fingerprint density at radius 1 is 1.28 bits per heavy atom. The van der Waals surface area contributed by atoms with Crippen LogP contribution in [-0.4, -0.2) is 66.3 Å². The summed E-state index contributed by atoms with van der Waals surface area (Å²) in [5.74, 6) is 0.192. The summed E-state index contributed by atoms with van der Waals surface area (Å²) in [7, 11) is 3.21. The number of rotatable bonds is 3. The summed E-state index contributed by atoms with van der Waals surface area (Å²) in [6, 6.07) is -0.294. The molecule has 6 nitrogen and oxygen atoms in total. The van der Waals surface area contributed by atoms with Crippen LogP contribution in [-0.2, 0) is 4.79 Å². The van der Waals surface area contributed by atoms with Crippen molar-refractivity contribution in [1.29, 1.82) is 0 Å². The Morgan fingerprint density at radius 3 is 2.67 bits per heavy atom. The molecule has 1 fully saturated rings. The topological polar surface area (TPSA) is 56.2 Å². The minimum Gasteiger partial charge on any atom is -0.284 e. The average molecular weight is 252 g/mol. The fourth-order valence-electron chi connectivity index (χ4n) is 2.40. The van der Waals surface area contributed by atoms with Gasteiger partial charge in [0.15, 0.2) is 0 Å². The van der Waals surface area contributed by atoms with E-state index < -0.39 is 0 Å². The van der Waals surface area contributed by atoms with Crippen molar-refractivity contribution in [3.05, 3.63) is 0 Å². The molecular weight excluding hydrogens is 232 g/mol. The molecule has 1 atom stereocenters. The zero-order valence-electron chi connectivity index (χ0n) is 11.2. The molecule has 0 N–H and O–H groups in total. The Balaban J connectivity index is 2.15. The zero-order valence-corrected chi connectivity index (χ0v) is 11.2. The number of urea groups is 1. The first-order valence-corrected chi connectivity index (χ1v) is 6.38. The van der Waals surface area contributed by atoms with Crippen molar-refractivity contribution in [3.8, 4) is 0 Å². The van der Waals surface area contributed by atoms with E-state index in [4.69, 9.17) is 0 Å². The summed E-state index contributed by atoms with van der Waals surface area (Å²) in [5.41, 5.74) is 0. The molecule has 0 spiro atoms. The van der Waals surface area contributed by atoms with Crippen LogP contribution >= 0.6 is 0 Å². The third kappa shape index (κ3) is 2.12. The molecule has 0 aliphatic carbocycles. The summed E-state index contributed by atoms with van der Waals surface area (Å²) < 4.78 is 0. The molecule has 0 bridgehead atoms. The van der Waals surface area contributed by atoms with Gasteiger partial charge in [-0.2, -0.15) is 0 Å². The number of unbranched alkanes of at least 4 members (excludes halogenated alkanes) is 1. The van der Waals surface area contributed by atoms with E-state index in [0.717, 1.165) is 19.4 Å². The molecule has 0 aromatic carbocycles. The molecular formula is C12H20N4O2. The number of nitrogens with zero attached hydrogens (tertiary/aromatic N) is 4. The molecule has 0 radical (unpaired) electrons. The second-order valence-corrected chi connectivity index (χ2v) is 4.88. The highest BCUT2D eigenvalue weighted by Crippen LogP contribution is 2.21. The maximum absolute atomic E-state index is 12.1. The molecule has 100 valence electrons. The van der Waals surface area contributed by atoms with Crippen molar-refractivity contribution in [2.24, 2.45) is 10.9 Å². The standard InChI is InChI=1S/C12H20N4O2/c1-4-5-6-16-7-9-10(13-8-16)14(2)12(18)15(3)11(9)17/h9H,4-8H2,1-3H3. The highest BCUT2D eigenvalue weighted by Gasteiger charge is 2.42. The van der Waals surface area contributed by atoms with Crippen LogP contribution in [0.3, 0.4) is 0 Å². The van der Waals surface area contributed by atoms with Gasteiger partial charge in [-0.05, 0) is 13.0 Å². The van der Waals surface area contributed by atoms with E-state index in [0.29, 0.717) is 19.0 Å². The summed E-state index contributed by atoms with van der Waals surface area (Å²) in [6.45, 7) is 4.35. The number of amidine groups is 1. The SMILES string of the molecule is CCCCN1CN=C2C(C1)C(=O)N(C)C(=O)N2C. The van der Waals surface area contributed by atoms with E-state index in [1.807, 2.05) is 0 Å². The number of hydrogen-bond donors (Lipinski definition) is 0. The van der Waals surface area contributed by atoms with Gasteiger partial charge in [-0.25, -0.2) is 4.79 Å². The van der Waals surface area contributed by atoms with Crippen LogP contribution in [0.15, 0.2) is 4.99 Å². The Kier molecular flexibility index (Phi) is 3.65. The normalized spacial score (nSPS) is 25.3. The Hall–Kier alpha value is -1.43. The summed E-state index contributed by atoms with van der Waals surface area (Å²) >= 11 is 0. The number of hydrogen-bond acceptors (Lipinski definition) is 4. The zero-order chi connectivity index (χ0) is 13.3. The van der Waals surface area contributed by atoms with Gasteiger partial charge in [0.2, 0.25) is 5.91 Å². The van der Waals surface area contributed by atoms with Gasteiger partial charge < -0.3 is 0 Å². The highest BCUT2D eigenvalue weighted by atomic mass is 16.2. The molecule has 2 heterocycles. The lowest BCUT2D eigenvalue weighted by Gasteiger charge is -2.40. The van der Waals surface area contributed by atoms with E-state index >= 15 is 0 Å². The Labute approximate surface area is 107 Å². The highest BCUT2D eigenvalue weighted by molar-refractivity contribution is 6.17. The second kappa shape index (κ2) is 5.06. The summed E-state index contributed by atoms with van der Waals surface area (Å²) in [4.78, 5) is 33.1. The summed E-state index contributed by atoms with van der Waals surface area (Å²) in [5, 5.41) is 0. The number of fused-ring (bicyclic) bond motifs is 1. The molecule has 0 aromatic rings. The van der Waals surface area contributed by atoms with Gasteiger partial charge in [-0.1, -0.05) is 13.3 Å². The second-order valence-electron chi connectivity index (χ2n) is 4.88. The van der Waals surface area contributed by atoms with Crippen LogP contribution in [0.4, 0.5) is 4.79 Å². The Morgan fingerprint density at radius 2 is 2.00 bits per heavy atom. The van der Waals surface area contributed by atoms with E-state index in [9.17, 15) is 9.59 Å². The van der Waals surface area contributed by atoms with Crippen LogP contribution in [0.25, 0.3) is 0 Å².